The van der Waals surface area contributed by atoms with Gasteiger partial charge in [-0.15, -0.1) is 0 Å². The van der Waals surface area contributed by atoms with Crippen LogP contribution in [0.3, 0.4) is 0 Å². The minimum Gasteiger partial charge on any atom is -0.496 e. The molecule has 7 heteroatoms. The monoisotopic (exact) mass is 428 g/mol. The lowest BCUT2D eigenvalue weighted by Gasteiger charge is -2.34. The number of carbonyl (C=O) groups excluding carboxylic acids is 1. The summed E-state index contributed by atoms with van der Waals surface area (Å²) in [4.78, 5) is 20.9. The fourth-order valence-electron chi connectivity index (χ4n) is 3.73. The maximum Gasteiger partial charge on any atom is 0.253 e. The molecule has 0 saturated carbocycles. The molecule has 1 aliphatic heterocycles. The van der Waals surface area contributed by atoms with Gasteiger partial charge in [-0.25, -0.2) is 0 Å². The lowest BCUT2D eigenvalue weighted by atomic mass is 10.1. The molecule has 3 aromatic rings. The van der Waals surface area contributed by atoms with Crippen molar-refractivity contribution in [3.05, 3.63) is 76.8 Å². The topological polar surface area (TPSA) is 82.6 Å². The number of methoxy groups -OCH3 is 1. The normalized spacial score (nSPS) is 13.9. The summed E-state index contributed by atoms with van der Waals surface area (Å²) in [6.45, 7) is 4.20. The van der Waals surface area contributed by atoms with Crippen molar-refractivity contribution in [2.45, 2.75) is 6.92 Å². The summed E-state index contributed by atoms with van der Waals surface area (Å²) in [7, 11) is 1.62. The molecule has 2 aromatic carbocycles. The summed E-state index contributed by atoms with van der Waals surface area (Å²) < 4.78 is 11.2. The third-order valence-corrected chi connectivity index (χ3v) is 5.40. The Hall–Kier alpha value is -4.05. The van der Waals surface area contributed by atoms with E-state index in [1.54, 1.807) is 13.2 Å². The first-order chi connectivity index (χ1) is 15.6. The van der Waals surface area contributed by atoms with Gasteiger partial charge in [0.1, 0.15) is 11.8 Å². The minimum atomic E-state index is 0.0202. The predicted molar refractivity (Wildman–Crippen MR) is 122 cm³/mol. The number of carbonyl (C=O) groups is 1. The molecule has 0 unspecified atom stereocenters. The van der Waals surface area contributed by atoms with Crippen molar-refractivity contribution in [2.75, 3.05) is 38.2 Å². The van der Waals surface area contributed by atoms with E-state index in [9.17, 15) is 10.1 Å². The number of oxazole rings is 1. The Bertz CT molecular complexity index is 1180. The van der Waals surface area contributed by atoms with Crippen LogP contribution in [0.1, 0.15) is 33.1 Å². The van der Waals surface area contributed by atoms with E-state index in [4.69, 9.17) is 9.15 Å². The van der Waals surface area contributed by atoms with Gasteiger partial charge in [0, 0.05) is 43.4 Å². The predicted octanol–water partition coefficient (Wildman–Crippen LogP) is 4.00. The largest absolute Gasteiger partial charge is 0.496 e. The lowest BCUT2D eigenvalue weighted by molar-refractivity contribution is 0.0745. The van der Waals surface area contributed by atoms with E-state index in [2.05, 4.69) is 11.1 Å². The van der Waals surface area contributed by atoms with E-state index in [0.717, 1.165) is 16.9 Å². The van der Waals surface area contributed by atoms with Gasteiger partial charge < -0.3 is 19.0 Å². The van der Waals surface area contributed by atoms with E-state index in [1.807, 2.05) is 71.3 Å². The van der Waals surface area contributed by atoms with Crippen molar-refractivity contribution in [2.24, 2.45) is 0 Å². The minimum absolute atomic E-state index is 0.0202. The van der Waals surface area contributed by atoms with Gasteiger partial charge >= 0.3 is 0 Å². The molecule has 1 aliphatic rings. The number of benzene rings is 2. The quantitative estimate of drug-likeness (QED) is 0.611. The standard InChI is InChI=1S/C25H24N4O3/c1-18-6-5-8-20(16-18)24(30)28-12-14-29(15-13-28)25-21(17-26)27-23(32-25)11-10-19-7-3-4-9-22(19)31-2/h3-11,16H,12-15H2,1-2H3/b11-10+. The maximum absolute atomic E-state index is 12.8. The van der Waals surface area contributed by atoms with Crippen LogP contribution in [0, 0.1) is 18.3 Å². The molecule has 1 saturated heterocycles. The summed E-state index contributed by atoms with van der Waals surface area (Å²) >= 11 is 0. The van der Waals surface area contributed by atoms with E-state index in [-0.39, 0.29) is 11.6 Å². The van der Waals surface area contributed by atoms with Gasteiger partial charge in [-0.2, -0.15) is 10.2 Å². The average molecular weight is 428 g/mol. The lowest BCUT2D eigenvalue weighted by Crippen LogP contribution is -2.48. The number of hydrogen-bond acceptors (Lipinski definition) is 6. The van der Waals surface area contributed by atoms with Crippen LogP contribution in [0.5, 0.6) is 5.75 Å². The van der Waals surface area contributed by atoms with Crippen LogP contribution in [0.25, 0.3) is 12.2 Å². The molecule has 0 atom stereocenters. The molecule has 0 bridgehead atoms. The molecule has 1 amide bonds. The summed E-state index contributed by atoms with van der Waals surface area (Å²) in [5.41, 5.74) is 2.88. The molecule has 2 heterocycles. The molecule has 7 nitrogen and oxygen atoms in total. The summed E-state index contributed by atoms with van der Waals surface area (Å²) in [6.07, 6.45) is 3.56. The third-order valence-electron chi connectivity index (χ3n) is 5.40. The Kier molecular flexibility index (Phi) is 6.22. The second-order valence-electron chi connectivity index (χ2n) is 7.54. The van der Waals surface area contributed by atoms with Crippen LogP contribution >= 0.6 is 0 Å². The molecular weight excluding hydrogens is 404 g/mol. The number of amides is 1. The first kappa shape index (κ1) is 21.2. The van der Waals surface area contributed by atoms with Crippen molar-refractivity contribution >= 4 is 23.9 Å². The molecule has 0 N–H and O–H groups in total. The Balaban J connectivity index is 1.46. The van der Waals surface area contributed by atoms with E-state index in [1.165, 1.54) is 0 Å². The highest BCUT2D eigenvalue weighted by Crippen LogP contribution is 2.26. The highest BCUT2D eigenvalue weighted by Gasteiger charge is 2.26. The van der Waals surface area contributed by atoms with Gasteiger partial charge in [-0.1, -0.05) is 35.9 Å². The summed E-state index contributed by atoms with van der Waals surface area (Å²) in [5.74, 6) is 1.55. The maximum atomic E-state index is 12.8. The number of hydrogen-bond donors (Lipinski definition) is 0. The molecule has 0 aliphatic carbocycles. The highest BCUT2D eigenvalue weighted by atomic mass is 16.5. The highest BCUT2D eigenvalue weighted by molar-refractivity contribution is 5.94. The summed E-state index contributed by atoms with van der Waals surface area (Å²) in [5, 5.41) is 9.54. The van der Waals surface area contributed by atoms with Crippen LogP contribution < -0.4 is 9.64 Å². The van der Waals surface area contributed by atoms with Crippen molar-refractivity contribution in [3.63, 3.8) is 0 Å². The van der Waals surface area contributed by atoms with Gasteiger partial charge in [-0.05, 0) is 31.2 Å². The van der Waals surface area contributed by atoms with E-state index >= 15 is 0 Å². The van der Waals surface area contributed by atoms with Crippen molar-refractivity contribution in [3.8, 4) is 11.8 Å². The van der Waals surface area contributed by atoms with Crippen LogP contribution in [0.4, 0.5) is 5.88 Å². The zero-order chi connectivity index (χ0) is 22.5. The average Bonchev–Trinajstić information content (AvgIpc) is 3.26. The number of nitriles is 1. The fraction of sp³-hybridized carbons (Fsp3) is 0.240. The fourth-order valence-corrected chi connectivity index (χ4v) is 3.73. The zero-order valence-corrected chi connectivity index (χ0v) is 18.1. The number of piperazine rings is 1. The van der Waals surface area contributed by atoms with Gasteiger partial charge in [0.15, 0.2) is 0 Å². The number of aryl methyl sites for hydroxylation is 1. The molecule has 0 spiro atoms. The number of anilines is 1. The smallest absolute Gasteiger partial charge is 0.253 e. The van der Waals surface area contributed by atoms with Crippen molar-refractivity contribution in [1.82, 2.24) is 9.88 Å². The Morgan fingerprint density at radius 3 is 2.62 bits per heavy atom. The van der Waals surface area contributed by atoms with Gasteiger partial charge in [0.2, 0.25) is 17.5 Å². The number of ether oxygens (including phenoxy) is 1. The Labute approximate surface area is 187 Å². The molecule has 1 fully saturated rings. The van der Waals surface area contributed by atoms with Crippen LogP contribution in [-0.4, -0.2) is 49.1 Å². The number of nitrogens with zero attached hydrogens (tertiary/aromatic N) is 4. The van der Waals surface area contributed by atoms with E-state index in [0.29, 0.717) is 43.5 Å². The number of para-hydroxylation sites is 1. The SMILES string of the molecule is COc1ccccc1/C=C/c1nc(C#N)c(N2CCN(C(=O)c3cccc(C)c3)CC2)o1. The zero-order valence-electron chi connectivity index (χ0n) is 18.1. The van der Waals surface area contributed by atoms with Crippen LogP contribution in [0.15, 0.2) is 52.9 Å². The van der Waals surface area contributed by atoms with Crippen molar-refractivity contribution < 1.29 is 13.9 Å². The first-order valence-corrected chi connectivity index (χ1v) is 10.4. The van der Waals surface area contributed by atoms with Gasteiger partial charge in [-0.3, -0.25) is 4.79 Å². The second-order valence-corrected chi connectivity index (χ2v) is 7.54. The van der Waals surface area contributed by atoms with Gasteiger partial charge in [0.25, 0.3) is 5.91 Å². The Morgan fingerprint density at radius 1 is 1.12 bits per heavy atom. The molecule has 32 heavy (non-hydrogen) atoms. The van der Waals surface area contributed by atoms with Gasteiger partial charge in [0.05, 0.1) is 7.11 Å². The molecular formula is C25H24N4O3. The van der Waals surface area contributed by atoms with Crippen LogP contribution in [-0.2, 0) is 0 Å². The number of rotatable bonds is 5. The van der Waals surface area contributed by atoms with E-state index < -0.39 is 0 Å². The second kappa shape index (κ2) is 9.40. The molecule has 1 aromatic heterocycles. The first-order valence-electron chi connectivity index (χ1n) is 10.4. The Morgan fingerprint density at radius 2 is 1.91 bits per heavy atom. The molecule has 4 rings (SSSR count). The summed E-state index contributed by atoms with van der Waals surface area (Å²) in [6, 6.07) is 17.3. The third kappa shape index (κ3) is 4.49. The molecule has 0 radical (unpaired) electrons. The van der Waals surface area contributed by atoms with Crippen molar-refractivity contribution in [1.29, 1.82) is 5.26 Å². The van der Waals surface area contributed by atoms with Crippen LogP contribution in [0.2, 0.25) is 0 Å². The number of aromatic nitrogens is 1. The molecule has 162 valence electrons.